The molecule has 5 rings (SSSR count). The Morgan fingerprint density at radius 2 is 1.55 bits per heavy atom. The van der Waals surface area contributed by atoms with Crippen LogP contribution in [0.3, 0.4) is 0 Å². The van der Waals surface area contributed by atoms with Crippen molar-refractivity contribution in [2.24, 2.45) is 17.6 Å². The first-order valence-corrected chi connectivity index (χ1v) is 13.4. The molecule has 1 amide bonds. The number of hydrogen-bond donors (Lipinski definition) is 2. The minimum absolute atomic E-state index is 0.00490. The van der Waals surface area contributed by atoms with E-state index in [1.54, 1.807) is 6.20 Å². The summed E-state index contributed by atoms with van der Waals surface area (Å²) >= 11 is 0. The highest BCUT2D eigenvalue weighted by atomic mass is 19.3. The van der Waals surface area contributed by atoms with E-state index < -0.39 is 12.2 Å². The predicted octanol–water partition coefficient (Wildman–Crippen LogP) is 6.72. The maximum atomic E-state index is 12.9. The summed E-state index contributed by atoms with van der Waals surface area (Å²) in [6.45, 7) is 0. The van der Waals surface area contributed by atoms with Gasteiger partial charge in [0.2, 0.25) is 5.91 Å². The molecule has 1 heterocycles. The first-order valence-electron chi connectivity index (χ1n) is 13.4. The number of alkyl halides is 2. The summed E-state index contributed by atoms with van der Waals surface area (Å²) in [7, 11) is 0. The van der Waals surface area contributed by atoms with Gasteiger partial charge >= 0.3 is 0 Å². The molecule has 0 bridgehead atoms. The summed E-state index contributed by atoms with van der Waals surface area (Å²) in [4.78, 5) is 29.0. The molecule has 1 aromatic heterocycles. The molecule has 0 atom stereocenters. The maximum Gasteiger partial charge on any atom is 0.295 e. The Morgan fingerprint density at radius 1 is 0.921 bits per heavy atom. The third-order valence-electron chi connectivity index (χ3n) is 7.95. The van der Waals surface area contributed by atoms with E-state index in [4.69, 9.17) is 10.7 Å². The predicted molar refractivity (Wildman–Crippen MR) is 145 cm³/mol. The largest absolute Gasteiger partial charge is 0.325 e. The van der Waals surface area contributed by atoms with Crippen molar-refractivity contribution in [3.63, 3.8) is 0 Å². The number of nitrogens with two attached hydrogens (primary N) is 1. The van der Waals surface area contributed by atoms with Gasteiger partial charge in [-0.25, -0.2) is 8.78 Å². The standard InChI is InChI=1S/C31H33F2N3O2/c32-30(33)27(37)16-20-6-8-21(9-7-20)17-28(38)36-25-18-26(22-4-2-1-3-5-22)29(35-19-25)23-10-12-24(13-11-23)31(34)14-15-31/h1-5,10-13,18-21,30H,6-9,14-17,34H2,(H,36,38). The van der Waals surface area contributed by atoms with Crippen LogP contribution >= 0.6 is 0 Å². The van der Waals surface area contributed by atoms with Crippen LogP contribution in [-0.4, -0.2) is 23.1 Å². The summed E-state index contributed by atoms with van der Waals surface area (Å²) in [6.07, 6.45) is 4.05. The van der Waals surface area contributed by atoms with Gasteiger partial charge < -0.3 is 11.1 Å². The highest BCUT2D eigenvalue weighted by Crippen LogP contribution is 2.43. The van der Waals surface area contributed by atoms with E-state index in [0.717, 1.165) is 53.6 Å². The highest BCUT2D eigenvalue weighted by Gasteiger charge is 2.39. The normalized spacial score (nSPS) is 20.2. The zero-order chi connectivity index (χ0) is 26.7. The first-order chi connectivity index (χ1) is 18.3. The Hall–Kier alpha value is -3.45. The summed E-state index contributed by atoms with van der Waals surface area (Å²) in [5, 5.41) is 3.00. The summed E-state index contributed by atoms with van der Waals surface area (Å²) in [5.41, 5.74) is 11.7. The summed E-state index contributed by atoms with van der Waals surface area (Å²) in [5.74, 6) is -0.884. The number of carbonyl (C=O) groups is 2. The number of aromatic nitrogens is 1. The minimum atomic E-state index is -2.89. The van der Waals surface area contributed by atoms with Crippen molar-refractivity contribution in [1.82, 2.24) is 4.98 Å². The molecule has 2 aromatic carbocycles. The van der Waals surface area contributed by atoms with Gasteiger partial charge in [-0.05, 0) is 67.6 Å². The molecule has 2 saturated carbocycles. The zero-order valence-corrected chi connectivity index (χ0v) is 21.3. The van der Waals surface area contributed by atoms with Gasteiger partial charge in [-0.1, -0.05) is 54.6 Å². The van der Waals surface area contributed by atoms with E-state index in [9.17, 15) is 18.4 Å². The fourth-order valence-electron chi connectivity index (χ4n) is 5.47. The number of amides is 1. The number of anilines is 1. The van der Waals surface area contributed by atoms with Gasteiger partial charge in [-0.2, -0.15) is 0 Å². The van der Waals surface area contributed by atoms with Gasteiger partial charge in [0.15, 0.2) is 5.78 Å². The Labute approximate surface area is 221 Å². The minimum Gasteiger partial charge on any atom is -0.325 e. The summed E-state index contributed by atoms with van der Waals surface area (Å²) < 4.78 is 25.1. The van der Waals surface area contributed by atoms with Crippen LogP contribution in [0.2, 0.25) is 0 Å². The molecule has 0 aliphatic heterocycles. The number of Topliss-reactive ketones (excluding diaryl/α,β-unsaturated/α-hetero) is 1. The Balaban J connectivity index is 1.26. The first kappa shape index (κ1) is 26.2. The van der Waals surface area contributed by atoms with Crippen LogP contribution in [0.15, 0.2) is 66.9 Å². The van der Waals surface area contributed by atoms with Crippen LogP contribution in [0.4, 0.5) is 14.5 Å². The Kier molecular flexibility index (Phi) is 7.65. The fourth-order valence-corrected chi connectivity index (χ4v) is 5.47. The van der Waals surface area contributed by atoms with Crippen molar-refractivity contribution < 1.29 is 18.4 Å². The number of hydrogen-bond acceptors (Lipinski definition) is 4. The number of benzene rings is 2. The van der Waals surface area contributed by atoms with E-state index >= 15 is 0 Å². The third kappa shape index (κ3) is 6.16. The lowest BCUT2D eigenvalue weighted by Crippen LogP contribution is -2.23. The Bertz CT molecular complexity index is 1280. The van der Waals surface area contributed by atoms with Crippen molar-refractivity contribution in [2.75, 3.05) is 5.32 Å². The molecule has 198 valence electrons. The van der Waals surface area contributed by atoms with E-state index in [-0.39, 0.29) is 29.7 Å². The van der Waals surface area contributed by atoms with Crippen molar-refractivity contribution in [2.45, 2.75) is 63.3 Å². The lowest BCUT2D eigenvalue weighted by molar-refractivity contribution is -0.130. The number of pyridine rings is 1. The number of nitrogens with zero attached hydrogens (tertiary/aromatic N) is 1. The molecule has 0 radical (unpaired) electrons. The second-order valence-electron chi connectivity index (χ2n) is 10.8. The topological polar surface area (TPSA) is 85.1 Å². The fraction of sp³-hybridized carbons (Fsp3) is 0.387. The Morgan fingerprint density at radius 3 is 2.16 bits per heavy atom. The van der Waals surface area contributed by atoms with E-state index in [0.29, 0.717) is 24.9 Å². The van der Waals surface area contributed by atoms with Crippen LogP contribution in [0, 0.1) is 11.8 Å². The highest BCUT2D eigenvalue weighted by molar-refractivity contribution is 5.93. The SMILES string of the molecule is NC1(c2ccc(-c3ncc(NC(=O)CC4CCC(CC(=O)C(F)F)CC4)cc3-c3ccccc3)cc2)CC1. The third-order valence-corrected chi connectivity index (χ3v) is 7.95. The molecule has 7 heteroatoms. The monoisotopic (exact) mass is 517 g/mol. The van der Waals surface area contributed by atoms with E-state index in [1.165, 1.54) is 0 Å². The van der Waals surface area contributed by atoms with Gasteiger partial charge in [-0.3, -0.25) is 14.6 Å². The molecule has 0 saturated heterocycles. The molecule has 38 heavy (non-hydrogen) atoms. The second-order valence-corrected chi connectivity index (χ2v) is 10.8. The average molecular weight is 518 g/mol. The van der Waals surface area contributed by atoms with E-state index in [1.807, 2.05) is 36.4 Å². The van der Waals surface area contributed by atoms with Crippen LogP contribution < -0.4 is 11.1 Å². The van der Waals surface area contributed by atoms with Crippen LogP contribution in [0.1, 0.15) is 56.9 Å². The van der Waals surface area contributed by atoms with Crippen LogP contribution in [0.5, 0.6) is 0 Å². The average Bonchev–Trinajstić information content (AvgIpc) is 3.68. The second kappa shape index (κ2) is 11.1. The van der Waals surface area contributed by atoms with E-state index in [2.05, 4.69) is 29.6 Å². The van der Waals surface area contributed by atoms with Gasteiger partial charge in [0.1, 0.15) is 0 Å². The molecule has 3 aromatic rings. The molecule has 2 aliphatic rings. The number of nitrogens with one attached hydrogen (secondary N) is 1. The molecular weight excluding hydrogens is 484 g/mol. The molecule has 5 nitrogen and oxygen atoms in total. The van der Waals surface area contributed by atoms with Gasteiger partial charge in [0.05, 0.1) is 17.6 Å². The quantitative estimate of drug-likeness (QED) is 0.330. The van der Waals surface area contributed by atoms with Crippen molar-refractivity contribution in [1.29, 1.82) is 0 Å². The van der Waals surface area contributed by atoms with Crippen LogP contribution in [-0.2, 0) is 15.1 Å². The summed E-state index contributed by atoms with van der Waals surface area (Å²) in [6, 6.07) is 20.2. The number of ketones is 1. The maximum absolute atomic E-state index is 12.9. The molecule has 3 N–H and O–H groups in total. The molecule has 2 aliphatic carbocycles. The van der Waals surface area contributed by atoms with Crippen molar-refractivity contribution >= 4 is 17.4 Å². The zero-order valence-electron chi connectivity index (χ0n) is 21.3. The number of rotatable bonds is 9. The molecular formula is C31H33F2N3O2. The van der Waals surface area contributed by atoms with Crippen molar-refractivity contribution in [3.8, 4) is 22.4 Å². The van der Waals surface area contributed by atoms with Crippen LogP contribution in [0.25, 0.3) is 22.4 Å². The van der Waals surface area contributed by atoms with Gasteiger partial charge in [0.25, 0.3) is 6.43 Å². The molecule has 0 unspecified atom stereocenters. The molecule has 0 spiro atoms. The number of halogens is 2. The lowest BCUT2D eigenvalue weighted by Gasteiger charge is -2.27. The van der Waals surface area contributed by atoms with Gasteiger partial charge in [-0.15, -0.1) is 0 Å². The molecule has 2 fully saturated rings. The van der Waals surface area contributed by atoms with Gasteiger partial charge in [0, 0.05) is 29.5 Å². The number of carbonyl (C=O) groups excluding carboxylic acids is 2. The van der Waals surface area contributed by atoms with Crippen molar-refractivity contribution in [3.05, 3.63) is 72.4 Å². The smallest absolute Gasteiger partial charge is 0.295 e. The lowest BCUT2D eigenvalue weighted by atomic mass is 9.78.